The summed E-state index contributed by atoms with van der Waals surface area (Å²) < 4.78 is 32.0. The lowest BCUT2D eigenvalue weighted by Gasteiger charge is -2.24. The quantitative estimate of drug-likeness (QED) is 0.588. The van der Waals surface area contributed by atoms with Crippen molar-refractivity contribution in [3.05, 3.63) is 90.5 Å². The SMILES string of the molecule is COC(=O)c1ccc(NC(=O)CN(c2ccccc2)S(=O)(=O)c2ccccc2)cc1. The Kier molecular flexibility index (Phi) is 6.48. The zero-order valence-corrected chi connectivity index (χ0v) is 17.0. The number of sulfonamides is 1. The molecular formula is C22H20N2O5S. The van der Waals surface area contributed by atoms with E-state index in [1.165, 1.54) is 31.4 Å². The van der Waals surface area contributed by atoms with Gasteiger partial charge in [0.05, 0.1) is 23.3 Å². The van der Waals surface area contributed by atoms with Crippen molar-refractivity contribution < 1.29 is 22.7 Å². The third kappa shape index (κ3) is 4.84. The van der Waals surface area contributed by atoms with E-state index in [-0.39, 0.29) is 4.90 Å². The maximum atomic E-state index is 13.2. The molecule has 0 unspecified atom stereocenters. The van der Waals surface area contributed by atoms with Crippen LogP contribution in [-0.4, -0.2) is 33.9 Å². The molecule has 0 saturated heterocycles. The first-order chi connectivity index (χ1) is 14.4. The standard InChI is InChI=1S/C22H20N2O5S/c1-29-22(26)17-12-14-18(15-13-17)23-21(25)16-24(19-8-4-2-5-9-19)30(27,28)20-10-6-3-7-11-20/h2-15H,16H2,1H3,(H,23,25). The van der Waals surface area contributed by atoms with Crippen LogP contribution in [0.1, 0.15) is 10.4 Å². The Morgan fingerprint density at radius 3 is 2.00 bits per heavy atom. The molecule has 8 heteroatoms. The first kappa shape index (κ1) is 21.1. The number of ether oxygens (including phenoxy) is 1. The second-order valence-electron chi connectivity index (χ2n) is 6.28. The number of methoxy groups -OCH3 is 1. The Balaban J connectivity index is 1.83. The number of amides is 1. The summed E-state index contributed by atoms with van der Waals surface area (Å²) in [5.74, 6) is -1.01. The van der Waals surface area contributed by atoms with Gasteiger partial charge in [-0.2, -0.15) is 0 Å². The molecule has 154 valence electrons. The summed E-state index contributed by atoms with van der Waals surface area (Å²) in [7, 11) is -2.67. The fourth-order valence-corrected chi connectivity index (χ4v) is 4.21. The van der Waals surface area contributed by atoms with Crippen molar-refractivity contribution in [2.24, 2.45) is 0 Å². The van der Waals surface area contributed by atoms with Gasteiger partial charge < -0.3 is 10.1 Å². The smallest absolute Gasteiger partial charge is 0.337 e. The molecule has 3 aromatic rings. The van der Waals surface area contributed by atoms with Gasteiger partial charge in [0.2, 0.25) is 5.91 Å². The summed E-state index contributed by atoms with van der Waals surface area (Å²) in [6, 6.07) is 22.5. The molecule has 3 rings (SSSR count). The maximum Gasteiger partial charge on any atom is 0.337 e. The summed E-state index contributed by atoms with van der Waals surface area (Å²) in [6.45, 7) is -0.417. The average Bonchev–Trinajstić information content (AvgIpc) is 2.78. The largest absolute Gasteiger partial charge is 0.465 e. The highest BCUT2D eigenvalue weighted by Gasteiger charge is 2.27. The lowest BCUT2D eigenvalue weighted by Crippen LogP contribution is -2.38. The van der Waals surface area contributed by atoms with Crippen molar-refractivity contribution in [3.63, 3.8) is 0 Å². The molecule has 0 aromatic heterocycles. The van der Waals surface area contributed by atoms with Gasteiger partial charge in [-0.25, -0.2) is 13.2 Å². The number of carbonyl (C=O) groups is 2. The number of anilines is 2. The molecule has 0 aliphatic heterocycles. The minimum Gasteiger partial charge on any atom is -0.465 e. The predicted octanol–water partition coefficient (Wildman–Crippen LogP) is 3.31. The summed E-state index contributed by atoms with van der Waals surface area (Å²) >= 11 is 0. The van der Waals surface area contributed by atoms with Crippen LogP contribution < -0.4 is 9.62 Å². The van der Waals surface area contributed by atoms with Crippen molar-refractivity contribution in [1.82, 2.24) is 0 Å². The summed E-state index contributed by atoms with van der Waals surface area (Å²) in [6.07, 6.45) is 0. The third-order valence-electron chi connectivity index (χ3n) is 4.25. The highest BCUT2D eigenvalue weighted by Crippen LogP contribution is 2.23. The van der Waals surface area contributed by atoms with E-state index in [0.717, 1.165) is 4.31 Å². The van der Waals surface area contributed by atoms with Crippen molar-refractivity contribution in [3.8, 4) is 0 Å². The minimum atomic E-state index is -3.95. The molecule has 0 fully saturated rings. The Bertz CT molecular complexity index is 1120. The second-order valence-corrected chi connectivity index (χ2v) is 8.14. The topological polar surface area (TPSA) is 92.8 Å². The molecule has 0 spiro atoms. The lowest BCUT2D eigenvalue weighted by molar-refractivity contribution is -0.114. The highest BCUT2D eigenvalue weighted by molar-refractivity contribution is 7.92. The number of benzene rings is 3. The van der Waals surface area contributed by atoms with Gasteiger partial charge in [-0.3, -0.25) is 9.10 Å². The molecule has 0 heterocycles. The van der Waals surface area contributed by atoms with Gasteiger partial charge in [0.25, 0.3) is 10.0 Å². The zero-order chi connectivity index (χ0) is 21.6. The van der Waals surface area contributed by atoms with Crippen molar-refractivity contribution in [2.75, 3.05) is 23.3 Å². The van der Waals surface area contributed by atoms with Gasteiger partial charge in [0.15, 0.2) is 0 Å². The first-order valence-electron chi connectivity index (χ1n) is 9.03. The molecule has 0 radical (unpaired) electrons. The number of esters is 1. The predicted molar refractivity (Wildman–Crippen MR) is 114 cm³/mol. The molecule has 30 heavy (non-hydrogen) atoms. The Morgan fingerprint density at radius 1 is 0.867 bits per heavy atom. The van der Waals surface area contributed by atoms with E-state index in [4.69, 9.17) is 0 Å². The molecule has 0 saturated carbocycles. The van der Waals surface area contributed by atoms with Crippen LogP contribution in [0.3, 0.4) is 0 Å². The van der Waals surface area contributed by atoms with Crippen LogP contribution in [0, 0.1) is 0 Å². The number of nitrogens with one attached hydrogen (secondary N) is 1. The van der Waals surface area contributed by atoms with E-state index >= 15 is 0 Å². The molecular weight excluding hydrogens is 404 g/mol. The van der Waals surface area contributed by atoms with Crippen molar-refractivity contribution in [2.45, 2.75) is 4.90 Å². The van der Waals surface area contributed by atoms with Crippen LogP contribution >= 0.6 is 0 Å². The van der Waals surface area contributed by atoms with Crippen molar-refractivity contribution >= 4 is 33.3 Å². The van der Waals surface area contributed by atoms with Crippen LogP contribution in [0.5, 0.6) is 0 Å². The van der Waals surface area contributed by atoms with Gasteiger partial charge in [-0.05, 0) is 48.5 Å². The second kappa shape index (κ2) is 9.23. The monoisotopic (exact) mass is 424 g/mol. The fraction of sp³-hybridized carbons (Fsp3) is 0.0909. The minimum absolute atomic E-state index is 0.0871. The Labute approximate surface area is 175 Å². The van der Waals surface area contributed by atoms with Crippen LogP contribution in [-0.2, 0) is 19.6 Å². The number of hydrogen-bond acceptors (Lipinski definition) is 5. The number of carbonyl (C=O) groups excluding carboxylic acids is 2. The van der Waals surface area contributed by atoms with Crippen LogP contribution in [0.25, 0.3) is 0 Å². The molecule has 0 aliphatic rings. The summed E-state index contributed by atoms with van der Waals surface area (Å²) in [5, 5.41) is 2.65. The Morgan fingerprint density at radius 2 is 1.43 bits per heavy atom. The van der Waals surface area contributed by atoms with Crippen molar-refractivity contribution in [1.29, 1.82) is 0 Å². The van der Waals surface area contributed by atoms with Gasteiger partial charge in [-0.15, -0.1) is 0 Å². The number of para-hydroxylation sites is 1. The molecule has 7 nitrogen and oxygen atoms in total. The fourth-order valence-electron chi connectivity index (χ4n) is 2.77. The van der Waals surface area contributed by atoms with Gasteiger partial charge in [-0.1, -0.05) is 36.4 Å². The highest BCUT2D eigenvalue weighted by atomic mass is 32.2. The summed E-state index contributed by atoms with van der Waals surface area (Å²) in [4.78, 5) is 24.2. The number of nitrogens with zero attached hydrogens (tertiary/aromatic N) is 1. The van der Waals surface area contributed by atoms with E-state index in [0.29, 0.717) is 16.9 Å². The average molecular weight is 424 g/mol. The third-order valence-corrected chi connectivity index (χ3v) is 6.04. The number of rotatable bonds is 7. The van der Waals surface area contributed by atoms with E-state index in [9.17, 15) is 18.0 Å². The van der Waals surface area contributed by atoms with Gasteiger partial charge in [0.1, 0.15) is 6.54 Å². The van der Waals surface area contributed by atoms with Crippen LogP contribution in [0.4, 0.5) is 11.4 Å². The maximum absolute atomic E-state index is 13.2. The van der Waals surface area contributed by atoms with E-state index in [1.807, 2.05) is 0 Å². The lowest BCUT2D eigenvalue weighted by atomic mass is 10.2. The number of hydrogen-bond donors (Lipinski definition) is 1. The summed E-state index contributed by atoms with van der Waals surface area (Å²) in [5.41, 5.74) is 1.14. The molecule has 1 amide bonds. The van der Waals surface area contributed by atoms with Crippen LogP contribution in [0.2, 0.25) is 0 Å². The van der Waals surface area contributed by atoms with E-state index in [2.05, 4.69) is 10.1 Å². The molecule has 0 aliphatic carbocycles. The van der Waals surface area contributed by atoms with E-state index < -0.39 is 28.4 Å². The van der Waals surface area contributed by atoms with E-state index in [1.54, 1.807) is 60.7 Å². The first-order valence-corrected chi connectivity index (χ1v) is 10.5. The Hall–Kier alpha value is -3.65. The molecule has 1 N–H and O–H groups in total. The van der Waals surface area contributed by atoms with Gasteiger partial charge in [0, 0.05) is 5.69 Å². The zero-order valence-electron chi connectivity index (χ0n) is 16.2. The normalized spacial score (nSPS) is 10.8. The molecule has 3 aromatic carbocycles. The van der Waals surface area contributed by atoms with Crippen LogP contribution in [0.15, 0.2) is 89.8 Å². The molecule has 0 bridgehead atoms. The van der Waals surface area contributed by atoms with Gasteiger partial charge >= 0.3 is 5.97 Å². The molecule has 0 atom stereocenters.